The molecule has 1 aromatic rings. The first-order chi connectivity index (χ1) is 5.24. The first-order valence-corrected chi connectivity index (χ1v) is 3.96. The third-order valence-corrected chi connectivity index (χ3v) is 1.77. The smallest absolute Gasteiger partial charge is 0.110 e. The minimum absolute atomic E-state index is 0.575. The summed E-state index contributed by atoms with van der Waals surface area (Å²) in [5.41, 5.74) is 5.97. The summed E-state index contributed by atoms with van der Waals surface area (Å²) in [7, 11) is 0. The van der Waals surface area contributed by atoms with Crippen molar-refractivity contribution in [1.29, 1.82) is 0 Å². The standard InChI is InChI=1S/C7H8BrFN2/c8-5-1-2-7(11-4-5)6(10)3-9/h1-2,4,6H,3,10H2/t6-/m0/s1. The van der Waals surface area contributed by atoms with Gasteiger partial charge >= 0.3 is 0 Å². The van der Waals surface area contributed by atoms with Crippen LogP contribution in [0.3, 0.4) is 0 Å². The molecule has 0 aliphatic rings. The Labute approximate surface area is 72.8 Å². The molecule has 4 heteroatoms. The molecule has 0 unspecified atom stereocenters. The van der Waals surface area contributed by atoms with Crippen molar-refractivity contribution in [2.45, 2.75) is 6.04 Å². The maximum Gasteiger partial charge on any atom is 0.110 e. The van der Waals surface area contributed by atoms with Gasteiger partial charge in [0.2, 0.25) is 0 Å². The van der Waals surface area contributed by atoms with Crippen molar-refractivity contribution in [2.75, 3.05) is 6.67 Å². The first-order valence-electron chi connectivity index (χ1n) is 3.17. The van der Waals surface area contributed by atoms with Gasteiger partial charge in [-0.3, -0.25) is 4.98 Å². The Kier molecular flexibility index (Phi) is 2.96. The van der Waals surface area contributed by atoms with Crippen LogP contribution >= 0.6 is 15.9 Å². The normalized spacial score (nSPS) is 13.0. The van der Waals surface area contributed by atoms with Gasteiger partial charge in [-0.2, -0.15) is 0 Å². The van der Waals surface area contributed by atoms with Gasteiger partial charge in [0, 0.05) is 10.7 Å². The van der Waals surface area contributed by atoms with E-state index in [0.29, 0.717) is 5.69 Å². The van der Waals surface area contributed by atoms with E-state index in [2.05, 4.69) is 20.9 Å². The summed E-state index contributed by atoms with van der Waals surface area (Å²) in [5.74, 6) is 0. The number of pyridine rings is 1. The molecule has 0 aromatic carbocycles. The van der Waals surface area contributed by atoms with Crippen molar-refractivity contribution in [3.8, 4) is 0 Å². The molecule has 0 aliphatic carbocycles. The maximum absolute atomic E-state index is 12.0. The van der Waals surface area contributed by atoms with Crippen LogP contribution in [0.15, 0.2) is 22.8 Å². The topological polar surface area (TPSA) is 38.9 Å². The summed E-state index contributed by atoms with van der Waals surface area (Å²) < 4.78 is 12.9. The van der Waals surface area contributed by atoms with Crippen molar-refractivity contribution in [2.24, 2.45) is 5.73 Å². The number of nitrogens with two attached hydrogens (primary N) is 1. The van der Waals surface area contributed by atoms with Crippen LogP contribution in [0.2, 0.25) is 0 Å². The molecule has 0 bridgehead atoms. The molecule has 0 fully saturated rings. The largest absolute Gasteiger partial charge is 0.321 e. The summed E-state index contributed by atoms with van der Waals surface area (Å²) >= 11 is 3.22. The Morgan fingerprint density at radius 3 is 2.82 bits per heavy atom. The van der Waals surface area contributed by atoms with E-state index in [4.69, 9.17) is 5.73 Å². The predicted octanol–water partition coefficient (Wildman–Crippen LogP) is 1.81. The van der Waals surface area contributed by atoms with Gasteiger partial charge in [-0.1, -0.05) is 0 Å². The Hall–Kier alpha value is -0.480. The number of hydrogen-bond acceptors (Lipinski definition) is 2. The quantitative estimate of drug-likeness (QED) is 0.823. The van der Waals surface area contributed by atoms with Crippen LogP contribution in [0.25, 0.3) is 0 Å². The van der Waals surface area contributed by atoms with Crippen LogP contribution in [0, 0.1) is 0 Å². The predicted molar refractivity (Wildman–Crippen MR) is 44.8 cm³/mol. The van der Waals surface area contributed by atoms with E-state index in [1.54, 1.807) is 18.3 Å². The molecule has 0 aliphatic heterocycles. The molecule has 2 nitrogen and oxygen atoms in total. The Bertz CT molecular complexity index is 224. The van der Waals surface area contributed by atoms with Crippen LogP contribution in [-0.4, -0.2) is 11.7 Å². The highest BCUT2D eigenvalue weighted by Crippen LogP contribution is 2.11. The van der Waals surface area contributed by atoms with Gasteiger partial charge in [0.05, 0.1) is 11.7 Å². The number of aromatic nitrogens is 1. The maximum atomic E-state index is 12.0. The van der Waals surface area contributed by atoms with E-state index < -0.39 is 12.7 Å². The van der Waals surface area contributed by atoms with Crippen molar-refractivity contribution in [3.05, 3.63) is 28.5 Å². The second-order valence-corrected chi connectivity index (χ2v) is 3.08. The summed E-state index contributed by atoms with van der Waals surface area (Å²) in [6.07, 6.45) is 1.60. The fraction of sp³-hybridized carbons (Fsp3) is 0.286. The van der Waals surface area contributed by atoms with Gasteiger partial charge < -0.3 is 5.73 Å². The summed E-state index contributed by atoms with van der Waals surface area (Å²) in [4.78, 5) is 3.94. The zero-order valence-corrected chi connectivity index (χ0v) is 7.38. The lowest BCUT2D eigenvalue weighted by Gasteiger charge is -2.04. The molecule has 0 saturated heterocycles. The highest BCUT2D eigenvalue weighted by molar-refractivity contribution is 9.10. The number of nitrogens with zero attached hydrogens (tertiary/aromatic N) is 1. The molecule has 0 radical (unpaired) electrons. The minimum Gasteiger partial charge on any atom is -0.321 e. The van der Waals surface area contributed by atoms with Gasteiger partial charge in [0.1, 0.15) is 6.67 Å². The van der Waals surface area contributed by atoms with Crippen LogP contribution in [0.1, 0.15) is 11.7 Å². The number of rotatable bonds is 2. The van der Waals surface area contributed by atoms with Gasteiger partial charge in [-0.05, 0) is 28.1 Å². The molecular weight excluding hydrogens is 211 g/mol. The number of alkyl halides is 1. The van der Waals surface area contributed by atoms with E-state index in [9.17, 15) is 4.39 Å². The minimum atomic E-state index is -0.594. The van der Waals surface area contributed by atoms with E-state index in [1.165, 1.54) is 0 Å². The van der Waals surface area contributed by atoms with Crippen molar-refractivity contribution in [1.82, 2.24) is 4.98 Å². The fourth-order valence-corrected chi connectivity index (χ4v) is 0.920. The average molecular weight is 219 g/mol. The zero-order valence-electron chi connectivity index (χ0n) is 5.80. The van der Waals surface area contributed by atoms with Crippen LogP contribution in [0.5, 0.6) is 0 Å². The third kappa shape index (κ3) is 2.24. The van der Waals surface area contributed by atoms with Crippen LogP contribution < -0.4 is 5.73 Å². The van der Waals surface area contributed by atoms with E-state index >= 15 is 0 Å². The lowest BCUT2D eigenvalue weighted by atomic mass is 10.2. The van der Waals surface area contributed by atoms with E-state index in [1.807, 2.05) is 0 Å². The molecule has 11 heavy (non-hydrogen) atoms. The molecule has 1 rings (SSSR count). The SMILES string of the molecule is N[C@@H](CF)c1ccc(Br)cn1. The third-order valence-electron chi connectivity index (χ3n) is 1.30. The Balaban J connectivity index is 2.81. The molecule has 0 saturated carbocycles. The molecule has 60 valence electrons. The monoisotopic (exact) mass is 218 g/mol. The molecule has 1 aromatic heterocycles. The molecular formula is C7H8BrFN2. The molecule has 1 atom stereocenters. The van der Waals surface area contributed by atoms with Gasteiger partial charge in [-0.25, -0.2) is 4.39 Å². The second kappa shape index (κ2) is 3.78. The van der Waals surface area contributed by atoms with Crippen LogP contribution in [-0.2, 0) is 0 Å². The number of hydrogen-bond donors (Lipinski definition) is 1. The van der Waals surface area contributed by atoms with Crippen molar-refractivity contribution >= 4 is 15.9 Å². The van der Waals surface area contributed by atoms with Crippen molar-refractivity contribution in [3.63, 3.8) is 0 Å². The Morgan fingerprint density at radius 2 is 2.36 bits per heavy atom. The second-order valence-electron chi connectivity index (χ2n) is 2.16. The van der Waals surface area contributed by atoms with E-state index in [-0.39, 0.29) is 0 Å². The van der Waals surface area contributed by atoms with Gasteiger partial charge in [-0.15, -0.1) is 0 Å². The first kappa shape index (κ1) is 8.62. The molecule has 0 amide bonds. The fourth-order valence-electron chi connectivity index (χ4n) is 0.686. The highest BCUT2D eigenvalue weighted by atomic mass is 79.9. The average Bonchev–Trinajstić information content (AvgIpc) is 2.05. The zero-order chi connectivity index (χ0) is 8.27. The molecule has 2 N–H and O–H groups in total. The van der Waals surface area contributed by atoms with Crippen LogP contribution in [0.4, 0.5) is 4.39 Å². The lowest BCUT2D eigenvalue weighted by molar-refractivity contribution is 0.432. The van der Waals surface area contributed by atoms with Gasteiger partial charge in [0.25, 0.3) is 0 Å². The van der Waals surface area contributed by atoms with Gasteiger partial charge in [0.15, 0.2) is 0 Å². The number of halogens is 2. The summed E-state index contributed by atoms with van der Waals surface area (Å²) in [6.45, 7) is -0.575. The summed E-state index contributed by atoms with van der Waals surface area (Å²) in [6, 6.07) is 2.90. The Morgan fingerprint density at radius 1 is 1.64 bits per heavy atom. The lowest BCUT2D eigenvalue weighted by Crippen LogP contribution is -2.13. The van der Waals surface area contributed by atoms with E-state index in [0.717, 1.165) is 4.47 Å². The molecule has 0 spiro atoms. The molecule has 1 heterocycles. The summed E-state index contributed by atoms with van der Waals surface area (Å²) in [5, 5.41) is 0. The highest BCUT2D eigenvalue weighted by Gasteiger charge is 2.04. The van der Waals surface area contributed by atoms with Crippen molar-refractivity contribution < 1.29 is 4.39 Å².